The van der Waals surface area contributed by atoms with Crippen molar-refractivity contribution in [1.82, 2.24) is 0 Å². The highest BCUT2D eigenvalue weighted by Gasteiger charge is 2.11. The molecule has 0 unspecified atom stereocenters. The van der Waals surface area contributed by atoms with Crippen molar-refractivity contribution in [3.63, 3.8) is 0 Å². The predicted octanol–water partition coefficient (Wildman–Crippen LogP) is 1.83. The zero-order chi connectivity index (χ0) is 11.4. The molecular weight excluding hydrogens is 219 g/mol. The largest absolute Gasteiger partial charge is 0.497 e. The van der Waals surface area contributed by atoms with E-state index in [1.165, 1.54) is 25.3 Å². The number of halogens is 1. The standard InChI is InChI=1S/C10H9FO3S/c1-14-7-2-3-8(11)6(4-7)5-9(15)10(12)13/h2-4H,5H2,1H3,(H,12,13). The number of benzene rings is 1. The molecule has 3 nitrogen and oxygen atoms in total. The summed E-state index contributed by atoms with van der Waals surface area (Å²) in [5.74, 6) is -1.22. The van der Waals surface area contributed by atoms with Crippen molar-refractivity contribution < 1.29 is 19.0 Å². The molecule has 0 aliphatic rings. The second-order valence-corrected chi connectivity index (χ2v) is 3.36. The number of hydrogen-bond acceptors (Lipinski definition) is 3. The molecule has 80 valence electrons. The van der Waals surface area contributed by atoms with Gasteiger partial charge in [-0.2, -0.15) is 0 Å². The van der Waals surface area contributed by atoms with Crippen molar-refractivity contribution in [2.75, 3.05) is 7.11 Å². The quantitative estimate of drug-likeness (QED) is 0.799. The molecule has 0 amide bonds. The number of thiocarbonyl (C=S) groups is 1. The Bertz CT molecular complexity index is 404. The lowest BCUT2D eigenvalue weighted by atomic mass is 10.1. The molecule has 15 heavy (non-hydrogen) atoms. The maximum absolute atomic E-state index is 13.2. The molecule has 1 N–H and O–H groups in total. The SMILES string of the molecule is COc1ccc(F)c(CC(=S)C(=O)O)c1. The first-order chi connectivity index (χ1) is 7.04. The van der Waals surface area contributed by atoms with Crippen LogP contribution < -0.4 is 4.74 Å². The summed E-state index contributed by atoms with van der Waals surface area (Å²) in [5.41, 5.74) is 0.224. The van der Waals surface area contributed by atoms with Gasteiger partial charge < -0.3 is 9.84 Å². The lowest BCUT2D eigenvalue weighted by molar-refractivity contribution is -0.129. The van der Waals surface area contributed by atoms with Gasteiger partial charge >= 0.3 is 5.97 Å². The fraction of sp³-hybridized carbons (Fsp3) is 0.200. The second-order valence-electron chi connectivity index (χ2n) is 2.86. The van der Waals surface area contributed by atoms with Gasteiger partial charge in [-0.3, -0.25) is 0 Å². The minimum absolute atomic E-state index is 0.103. The Balaban J connectivity index is 2.93. The van der Waals surface area contributed by atoms with E-state index in [9.17, 15) is 9.18 Å². The van der Waals surface area contributed by atoms with E-state index in [1.807, 2.05) is 0 Å². The van der Waals surface area contributed by atoms with Crippen LogP contribution >= 0.6 is 12.2 Å². The van der Waals surface area contributed by atoms with Gasteiger partial charge in [-0.25, -0.2) is 9.18 Å². The zero-order valence-electron chi connectivity index (χ0n) is 7.99. The third-order valence-electron chi connectivity index (χ3n) is 1.84. The van der Waals surface area contributed by atoms with Crippen LogP contribution in [0.15, 0.2) is 18.2 Å². The van der Waals surface area contributed by atoms with Crippen molar-refractivity contribution in [3.8, 4) is 5.75 Å². The van der Waals surface area contributed by atoms with Crippen molar-refractivity contribution in [2.24, 2.45) is 0 Å². The fourth-order valence-electron chi connectivity index (χ4n) is 1.06. The molecule has 1 aromatic rings. The summed E-state index contributed by atoms with van der Waals surface area (Å²) in [6, 6.07) is 4.12. The lowest BCUT2D eigenvalue weighted by Crippen LogP contribution is -2.13. The Morgan fingerprint density at radius 1 is 1.60 bits per heavy atom. The molecule has 0 atom stereocenters. The molecule has 1 rings (SSSR count). The van der Waals surface area contributed by atoms with E-state index in [0.29, 0.717) is 5.75 Å². The summed E-state index contributed by atoms with van der Waals surface area (Å²) in [7, 11) is 1.45. The number of hydrogen-bond donors (Lipinski definition) is 1. The molecular formula is C10H9FO3S. The highest BCUT2D eigenvalue weighted by Crippen LogP contribution is 2.17. The Hall–Kier alpha value is -1.49. The van der Waals surface area contributed by atoms with E-state index in [4.69, 9.17) is 9.84 Å². The van der Waals surface area contributed by atoms with Crippen molar-refractivity contribution in [1.29, 1.82) is 0 Å². The molecule has 0 fully saturated rings. The van der Waals surface area contributed by atoms with Crippen LogP contribution in [0.1, 0.15) is 5.56 Å². The van der Waals surface area contributed by atoms with Crippen LogP contribution in [0.4, 0.5) is 4.39 Å². The van der Waals surface area contributed by atoms with Gasteiger partial charge in [-0.15, -0.1) is 0 Å². The van der Waals surface area contributed by atoms with Crippen LogP contribution in [0, 0.1) is 5.82 Å². The van der Waals surface area contributed by atoms with E-state index in [1.54, 1.807) is 0 Å². The van der Waals surface area contributed by atoms with Crippen molar-refractivity contribution >= 4 is 23.1 Å². The van der Waals surface area contributed by atoms with E-state index >= 15 is 0 Å². The summed E-state index contributed by atoms with van der Waals surface area (Å²) in [5, 5.41) is 8.57. The monoisotopic (exact) mass is 228 g/mol. The third kappa shape index (κ3) is 2.99. The smallest absolute Gasteiger partial charge is 0.342 e. The average molecular weight is 228 g/mol. The molecule has 0 radical (unpaired) electrons. The van der Waals surface area contributed by atoms with Crippen molar-refractivity contribution in [3.05, 3.63) is 29.6 Å². The Kier molecular flexibility index (Phi) is 3.74. The number of ether oxygens (including phenoxy) is 1. The van der Waals surface area contributed by atoms with Gasteiger partial charge in [-0.1, -0.05) is 12.2 Å². The number of carboxylic acid groups (broad SMARTS) is 1. The predicted molar refractivity (Wildman–Crippen MR) is 56.9 cm³/mol. The number of carboxylic acids is 1. The number of aliphatic carboxylic acids is 1. The summed E-state index contributed by atoms with van der Waals surface area (Å²) < 4.78 is 18.1. The fourth-order valence-corrected chi connectivity index (χ4v) is 1.22. The summed E-state index contributed by atoms with van der Waals surface area (Å²) in [6.45, 7) is 0. The molecule has 0 bridgehead atoms. The molecule has 1 aromatic carbocycles. The molecule has 5 heteroatoms. The Labute approximate surface area is 91.5 Å². The second kappa shape index (κ2) is 4.84. The zero-order valence-corrected chi connectivity index (χ0v) is 8.81. The van der Waals surface area contributed by atoms with Gasteiger partial charge in [0.05, 0.1) is 7.11 Å². The van der Waals surface area contributed by atoms with Crippen LogP contribution in [0.25, 0.3) is 0 Å². The van der Waals surface area contributed by atoms with Crippen LogP contribution in [0.2, 0.25) is 0 Å². The first-order valence-corrected chi connectivity index (χ1v) is 4.54. The summed E-state index contributed by atoms with van der Waals surface area (Å²) in [6.07, 6.45) is -0.103. The van der Waals surface area contributed by atoms with Gasteiger partial charge in [0, 0.05) is 6.42 Å². The van der Waals surface area contributed by atoms with Crippen molar-refractivity contribution in [2.45, 2.75) is 6.42 Å². The van der Waals surface area contributed by atoms with E-state index in [0.717, 1.165) is 0 Å². The maximum Gasteiger partial charge on any atom is 0.342 e. The van der Waals surface area contributed by atoms with Crippen LogP contribution in [-0.4, -0.2) is 23.1 Å². The first-order valence-electron chi connectivity index (χ1n) is 4.13. The van der Waals surface area contributed by atoms with E-state index in [2.05, 4.69) is 12.2 Å². The highest BCUT2D eigenvalue weighted by atomic mass is 32.1. The van der Waals surface area contributed by atoms with Crippen LogP contribution in [-0.2, 0) is 11.2 Å². The van der Waals surface area contributed by atoms with E-state index < -0.39 is 11.8 Å². The van der Waals surface area contributed by atoms with E-state index in [-0.39, 0.29) is 16.8 Å². The van der Waals surface area contributed by atoms with Gasteiger partial charge in [0.15, 0.2) is 0 Å². The average Bonchev–Trinajstić information content (AvgIpc) is 2.21. The number of rotatable bonds is 4. The maximum atomic E-state index is 13.2. The molecule has 0 aliphatic carbocycles. The number of methoxy groups -OCH3 is 1. The summed E-state index contributed by atoms with van der Waals surface area (Å²) >= 11 is 4.59. The molecule has 0 saturated heterocycles. The molecule has 0 heterocycles. The molecule has 0 aliphatic heterocycles. The highest BCUT2D eigenvalue weighted by molar-refractivity contribution is 7.82. The van der Waals surface area contributed by atoms with Gasteiger partial charge in [-0.05, 0) is 23.8 Å². The molecule has 0 spiro atoms. The number of carbonyl (C=O) groups is 1. The van der Waals surface area contributed by atoms with Gasteiger partial charge in [0.25, 0.3) is 0 Å². The van der Waals surface area contributed by atoms with Gasteiger partial charge in [0.1, 0.15) is 16.4 Å². The lowest BCUT2D eigenvalue weighted by Gasteiger charge is -2.05. The minimum atomic E-state index is -1.20. The Morgan fingerprint density at radius 3 is 2.80 bits per heavy atom. The minimum Gasteiger partial charge on any atom is -0.497 e. The normalized spacial score (nSPS) is 9.73. The first kappa shape index (κ1) is 11.6. The Morgan fingerprint density at radius 2 is 2.27 bits per heavy atom. The molecule has 0 saturated carbocycles. The van der Waals surface area contributed by atoms with Gasteiger partial charge in [0.2, 0.25) is 0 Å². The van der Waals surface area contributed by atoms with Crippen LogP contribution in [0.3, 0.4) is 0 Å². The molecule has 0 aromatic heterocycles. The topological polar surface area (TPSA) is 46.5 Å². The van der Waals surface area contributed by atoms with Crippen LogP contribution in [0.5, 0.6) is 5.75 Å². The summed E-state index contributed by atoms with van der Waals surface area (Å²) in [4.78, 5) is 10.3. The third-order valence-corrected chi connectivity index (χ3v) is 2.16.